The van der Waals surface area contributed by atoms with Crippen molar-refractivity contribution in [3.8, 4) is 0 Å². The van der Waals surface area contributed by atoms with Crippen molar-refractivity contribution in [2.45, 2.75) is 58.3 Å². The van der Waals surface area contributed by atoms with Crippen LogP contribution in [-0.2, 0) is 22.7 Å². The summed E-state index contributed by atoms with van der Waals surface area (Å²) in [5, 5.41) is 6.90. The van der Waals surface area contributed by atoms with E-state index in [1.165, 1.54) is 0 Å². The van der Waals surface area contributed by atoms with E-state index in [0.29, 0.717) is 31.1 Å². The van der Waals surface area contributed by atoms with Crippen LogP contribution in [0.15, 0.2) is 18.2 Å². The summed E-state index contributed by atoms with van der Waals surface area (Å²) in [5.74, 6) is -0.0693. The molecule has 0 saturated carbocycles. The minimum Gasteiger partial charge on any atom is -0.350 e. The zero-order valence-electron chi connectivity index (χ0n) is 16.1. The van der Waals surface area contributed by atoms with Crippen LogP contribution in [0, 0.1) is 5.41 Å². The van der Waals surface area contributed by atoms with Gasteiger partial charge in [-0.1, -0.05) is 31.5 Å². The highest BCUT2D eigenvalue weighted by atomic mass is 35.5. The number of benzene rings is 1. The molecule has 0 bridgehead atoms. The topological polar surface area (TPSA) is 87.5 Å². The smallest absolute Gasteiger partial charge is 0.243 e. The predicted molar refractivity (Wildman–Crippen MR) is 106 cm³/mol. The second-order valence-corrected chi connectivity index (χ2v) is 8.59. The van der Waals surface area contributed by atoms with Gasteiger partial charge in [0.25, 0.3) is 0 Å². The predicted octanol–water partition coefficient (Wildman–Crippen LogP) is 1.79. The largest absolute Gasteiger partial charge is 0.350 e. The quantitative estimate of drug-likeness (QED) is 0.713. The molecule has 2 amide bonds. The number of rotatable bonds is 5. The minimum absolute atomic E-state index is 0.0422. The van der Waals surface area contributed by atoms with Gasteiger partial charge in [-0.3, -0.25) is 9.59 Å². The molecule has 27 heavy (non-hydrogen) atoms. The van der Waals surface area contributed by atoms with Crippen molar-refractivity contribution in [3.05, 3.63) is 34.3 Å². The SMILES string of the molecule is CC1(C)CCN[C@@H]1C(=O)N1CCC[C@H]1C(=O)NCc1cc(Cl)ccc1CN. The molecule has 1 aromatic rings. The van der Waals surface area contributed by atoms with Gasteiger partial charge >= 0.3 is 0 Å². The van der Waals surface area contributed by atoms with Crippen molar-refractivity contribution < 1.29 is 9.59 Å². The Morgan fingerprint density at radius 1 is 1.37 bits per heavy atom. The Kier molecular flexibility index (Phi) is 6.08. The Labute approximate surface area is 165 Å². The van der Waals surface area contributed by atoms with Crippen molar-refractivity contribution in [3.63, 3.8) is 0 Å². The number of nitrogens with two attached hydrogens (primary N) is 1. The summed E-state index contributed by atoms with van der Waals surface area (Å²) in [6.45, 7) is 6.43. The normalized spacial score (nSPS) is 24.2. The zero-order valence-corrected chi connectivity index (χ0v) is 16.8. The highest BCUT2D eigenvalue weighted by Crippen LogP contribution is 2.32. The summed E-state index contributed by atoms with van der Waals surface area (Å²) >= 11 is 6.07. The summed E-state index contributed by atoms with van der Waals surface area (Å²) in [5.41, 5.74) is 7.55. The maximum absolute atomic E-state index is 13.0. The molecule has 148 valence electrons. The van der Waals surface area contributed by atoms with Crippen LogP contribution in [0.3, 0.4) is 0 Å². The third-order valence-corrected chi connectivity index (χ3v) is 6.06. The molecule has 2 fully saturated rings. The number of carbonyl (C=O) groups is 2. The number of halogens is 1. The number of nitrogens with one attached hydrogen (secondary N) is 2. The lowest BCUT2D eigenvalue weighted by molar-refractivity contribution is -0.141. The maximum Gasteiger partial charge on any atom is 0.243 e. The second kappa shape index (κ2) is 8.17. The van der Waals surface area contributed by atoms with Crippen molar-refractivity contribution in [2.75, 3.05) is 13.1 Å². The third kappa shape index (κ3) is 4.28. The van der Waals surface area contributed by atoms with E-state index < -0.39 is 6.04 Å². The van der Waals surface area contributed by atoms with Gasteiger partial charge in [0, 0.05) is 24.7 Å². The monoisotopic (exact) mass is 392 g/mol. The van der Waals surface area contributed by atoms with E-state index in [4.69, 9.17) is 17.3 Å². The van der Waals surface area contributed by atoms with Crippen molar-refractivity contribution in [1.29, 1.82) is 0 Å². The molecule has 0 aromatic heterocycles. The number of nitrogens with zero attached hydrogens (tertiary/aromatic N) is 1. The standard InChI is InChI=1S/C20H29ClN4O2/c1-20(2)7-8-23-17(20)19(27)25-9-3-4-16(25)18(26)24-12-14-10-15(21)6-5-13(14)11-22/h5-6,10,16-17,23H,3-4,7-9,11-12,22H2,1-2H3,(H,24,26)/t16-,17+/m0/s1. The average Bonchev–Trinajstić information content (AvgIpc) is 3.25. The molecular formula is C20H29ClN4O2. The first-order valence-electron chi connectivity index (χ1n) is 9.62. The molecular weight excluding hydrogens is 364 g/mol. The van der Waals surface area contributed by atoms with E-state index in [0.717, 1.165) is 30.5 Å². The molecule has 0 unspecified atom stereocenters. The molecule has 0 radical (unpaired) electrons. The fourth-order valence-corrected chi connectivity index (χ4v) is 4.30. The van der Waals surface area contributed by atoms with Gasteiger partial charge in [-0.25, -0.2) is 0 Å². The van der Waals surface area contributed by atoms with Gasteiger partial charge in [-0.2, -0.15) is 0 Å². The number of hydrogen-bond acceptors (Lipinski definition) is 4. The van der Waals surface area contributed by atoms with Gasteiger partial charge in [0.05, 0.1) is 6.04 Å². The molecule has 2 aliphatic rings. The number of amides is 2. The Bertz CT molecular complexity index is 722. The summed E-state index contributed by atoms with van der Waals surface area (Å²) in [4.78, 5) is 27.6. The van der Waals surface area contributed by atoms with Crippen LogP contribution in [0.25, 0.3) is 0 Å². The minimum atomic E-state index is -0.406. The van der Waals surface area contributed by atoms with Crippen LogP contribution >= 0.6 is 11.6 Å². The van der Waals surface area contributed by atoms with Crippen LogP contribution in [0.4, 0.5) is 0 Å². The number of likely N-dealkylation sites (tertiary alicyclic amines) is 1. The van der Waals surface area contributed by atoms with E-state index in [1.54, 1.807) is 11.0 Å². The van der Waals surface area contributed by atoms with Crippen LogP contribution in [0.5, 0.6) is 0 Å². The Morgan fingerprint density at radius 2 is 2.15 bits per heavy atom. The summed E-state index contributed by atoms with van der Waals surface area (Å²) in [6.07, 6.45) is 2.51. The first-order chi connectivity index (χ1) is 12.8. The third-order valence-electron chi connectivity index (χ3n) is 5.83. The van der Waals surface area contributed by atoms with Gasteiger partial charge in [0.1, 0.15) is 6.04 Å². The van der Waals surface area contributed by atoms with Gasteiger partial charge in [-0.05, 0) is 54.5 Å². The van der Waals surface area contributed by atoms with Gasteiger partial charge < -0.3 is 21.3 Å². The summed E-state index contributed by atoms with van der Waals surface area (Å²) in [6, 6.07) is 4.87. The molecule has 1 aromatic carbocycles. The molecule has 0 spiro atoms. The molecule has 0 aliphatic carbocycles. The lowest BCUT2D eigenvalue weighted by Gasteiger charge is -2.32. The molecule has 2 atom stereocenters. The van der Waals surface area contributed by atoms with E-state index in [-0.39, 0.29) is 23.3 Å². The van der Waals surface area contributed by atoms with E-state index >= 15 is 0 Å². The van der Waals surface area contributed by atoms with Crippen LogP contribution in [0.1, 0.15) is 44.2 Å². The number of hydrogen-bond donors (Lipinski definition) is 3. The second-order valence-electron chi connectivity index (χ2n) is 8.15. The first-order valence-corrected chi connectivity index (χ1v) is 10.0. The fraction of sp³-hybridized carbons (Fsp3) is 0.600. The zero-order chi connectivity index (χ0) is 19.6. The maximum atomic E-state index is 13.0. The first kappa shape index (κ1) is 20.1. The van der Waals surface area contributed by atoms with Gasteiger partial charge in [-0.15, -0.1) is 0 Å². The molecule has 3 rings (SSSR count). The van der Waals surface area contributed by atoms with Gasteiger partial charge in [0.15, 0.2) is 0 Å². The van der Waals surface area contributed by atoms with Crippen molar-refractivity contribution >= 4 is 23.4 Å². The summed E-state index contributed by atoms with van der Waals surface area (Å²) in [7, 11) is 0. The Morgan fingerprint density at radius 3 is 2.81 bits per heavy atom. The number of carbonyl (C=O) groups excluding carboxylic acids is 2. The molecule has 7 heteroatoms. The lowest BCUT2D eigenvalue weighted by atomic mass is 9.84. The average molecular weight is 393 g/mol. The van der Waals surface area contributed by atoms with Crippen LogP contribution < -0.4 is 16.4 Å². The molecule has 2 heterocycles. The molecule has 4 N–H and O–H groups in total. The highest BCUT2D eigenvalue weighted by molar-refractivity contribution is 6.30. The van der Waals surface area contributed by atoms with E-state index in [1.807, 2.05) is 12.1 Å². The van der Waals surface area contributed by atoms with Crippen LogP contribution in [-0.4, -0.2) is 41.9 Å². The Balaban J connectivity index is 1.66. The summed E-state index contributed by atoms with van der Waals surface area (Å²) < 4.78 is 0. The van der Waals surface area contributed by atoms with Crippen molar-refractivity contribution in [2.24, 2.45) is 11.1 Å². The molecule has 2 aliphatic heterocycles. The highest BCUT2D eigenvalue weighted by Gasteiger charge is 2.44. The fourth-order valence-electron chi connectivity index (χ4n) is 4.11. The van der Waals surface area contributed by atoms with E-state index in [2.05, 4.69) is 24.5 Å². The van der Waals surface area contributed by atoms with Crippen LogP contribution in [0.2, 0.25) is 5.02 Å². The van der Waals surface area contributed by atoms with Crippen molar-refractivity contribution in [1.82, 2.24) is 15.5 Å². The molecule has 6 nitrogen and oxygen atoms in total. The van der Waals surface area contributed by atoms with E-state index in [9.17, 15) is 9.59 Å². The lowest BCUT2D eigenvalue weighted by Crippen LogP contribution is -2.54. The van der Waals surface area contributed by atoms with Gasteiger partial charge in [0.2, 0.25) is 11.8 Å². The molecule has 2 saturated heterocycles. The Hall–Kier alpha value is -1.63.